The highest BCUT2D eigenvalue weighted by atomic mass is 35.5. The topological polar surface area (TPSA) is 107 Å². The molecule has 3 aromatic carbocycles. The predicted molar refractivity (Wildman–Crippen MR) is 155 cm³/mol. The molecular weight excluding hydrogens is 555 g/mol. The fourth-order valence-corrected chi connectivity index (χ4v) is 4.89. The minimum absolute atomic E-state index is 0.0586. The zero-order valence-corrected chi connectivity index (χ0v) is 23.4. The molecule has 40 heavy (non-hydrogen) atoms. The molecule has 10 heteroatoms. The van der Waals surface area contributed by atoms with Gasteiger partial charge in [0.05, 0.1) is 5.69 Å². The van der Waals surface area contributed by atoms with Gasteiger partial charge in [0.1, 0.15) is 0 Å². The van der Waals surface area contributed by atoms with Crippen molar-refractivity contribution in [1.29, 1.82) is 0 Å². The number of benzene rings is 3. The largest absolute Gasteiger partial charge is 0.481 e. The maximum absolute atomic E-state index is 14.1. The fraction of sp³-hybridized carbons (Fsp3) is 0.300. The molecule has 0 radical (unpaired) electrons. The zero-order valence-electron chi connectivity index (χ0n) is 21.9. The molecule has 2 N–H and O–H groups in total. The van der Waals surface area contributed by atoms with E-state index in [1.165, 1.54) is 4.90 Å². The summed E-state index contributed by atoms with van der Waals surface area (Å²) >= 11 is 12.0. The van der Waals surface area contributed by atoms with Crippen molar-refractivity contribution in [2.75, 3.05) is 29.7 Å². The van der Waals surface area contributed by atoms with E-state index in [4.69, 9.17) is 27.9 Å². The Balaban J connectivity index is 2.11. The SMILES string of the molecule is O=C(O)CC[C@](C(=O)O)(C(=O)Oc1ccccc1N(CCCl)CCCl)N(Cc1ccccc1)Cc1ccccc1. The van der Waals surface area contributed by atoms with Crippen LogP contribution >= 0.6 is 23.2 Å². The van der Waals surface area contributed by atoms with Crippen molar-refractivity contribution >= 4 is 46.8 Å². The summed E-state index contributed by atoms with van der Waals surface area (Å²) in [6.45, 7) is 0.951. The highest BCUT2D eigenvalue weighted by Crippen LogP contribution is 2.33. The summed E-state index contributed by atoms with van der Waals surface area (Å²) in [6, 6.07) is 24.9. The highest BCUT2D eigenvalue weighted by molar-refractivity contribution is 6.18. The zero-order chi connectivity index (χ0) is 29.0. The van der Waals surface area contributed by atoms with Gasteiger partial charge in [-0.15, -0.1) is 23.2 Å². The molecule has 0 fully saturated rings. The van der Waals surface area contributed by atoms with Crippen LogP contribution in [0.15, 0.2) is 84.9 Å². The number of carboxylic acids is 2. The lowest BCUT2D eigenvalue weighted by Crippen LogP contribution is -2.61. The van der Waals surface area contributed by atoms with E-state index < -0.39 is 36.3 Å². The predicted octanol–water partition coefficient (Wildman–Crippen LogP) is 5.27. The molecule has 0 heterocycles. The Kier molecular flexibility index (Phi) is 11.8. The minimum atomic E-state index is -2.32. The van der Waals surface area contributed by atoms with E-state index in [-0.39, 0.29) is 18.8 Å². The first kappa shape index (κ1) is 30.9. The number of hydrogen-bond acceptors (Lipinski definition) is 6. The second kappa shape index (κ2) is 15.3. The highest BCUT2D eigenvalue weighted by Gasteiger charge is 2.53. The molecule has 0 amide bonds. The molecule has 8 nitrogen and oxygen atoms in total. The van der Waals surface area contributed by atoms with Crippen LogP contribution in [0.4, 0.5) is 5.69 Å². The van der Waals surface area contributed by atoms with Gasteiger partial charge < -0.3 is 19.8 Å². The third-order valence-electron chi connectivity index (χ3n) is 6.48. The fourth-order valence-electron chi connectivity index (χ4n) is 4.49. The number of rotatable bonds is 16. The van der Waals surface area contributed by atoms with Gasteiger partial charge >= 0.3 is 17.9 Å². The van der Waals surface area contributed by atoms with E-state index in [9.17, 15) is 24.6 Å². The van der Waals surface area contributed by atoms with E-state index in [0.717, 1.165) is 11.1 Å². The van der Waals surface area contributed by atoms with Gasteiger partial charge in [-0.2, -0.15) is 0 Å². The minimum Gasteiger partial charge on any atom is -0.481 e. The van der Waals surface area contributed by atoms with Gasteiger partial charge in [-0.3, -0.25) is 9.69 Å². The summed E-state index contributed by atoms with van der Waals surface area (Å²) in [5, 5.41) is 20.2. The lowest BCUT2D eigenvalue weighted by molar-refractivity contribution is -0.168. The van der Waals surface area contributed by atoms with Crippen molar-refractivity contribution in [1.82, 2.24) is 4.90 Å². The normalized spacial score (nSPS) is 12.5. The van der Waals surface area contributed by atoms with Gasteiger partial charge in [0.2, 0.25) is 5.54 Å². The summed E-state index contributed by atoms with van der Waals surface area (Å²) in [6.07, 6.45) is -1.07. The van der Waals surface area contributed by atoms with Gasteiger partial charge in [0, 0.05) is 44.4 Å². The summed E-state index contributed by atoms with van der Waals surface area (Å²) in [5.41, 5.74) is -0.292. The Morgan fingerprint density at radius 2 is 1.25 bits per heavy atom. The molecule has 0 unspecified atom stereocenters. The molecule has 1 atom stereocenters. The van der Waals surface area contributed by atoms with E-state index in [2.05, 4.69) is 0 Å². The number of carbonyl (C=O) groups excluding carboxylic acids is 1. The number of ether oxygens (including phenoxy) is 1. The van der Waals surface area contributed by atoms with E-state index in [1.54, 1.807) is 24.3 Å². The van der Waals surface area contributed by atoms with Crippen LogP contribution < -0.4 is 9.64 Å². The second-order valence-corrected chi connectivity index (χ2v) is 9.86. The standard InChI is InChI=1S/C30H32Cl2N2O6/c31-17-19-33(20-18-32)25-13-7-8-14-26(25)40-29(39)30(28(37)38,16-15-27(35)36)34(21-23-9-3-1-4-10-23)22-24-11-5-2-6-12-24/h1-14H,15-22H2,(H,35,36)(H,37,38)/t30-/m0/s1. The van der Waals surface area contributed by atoms with Crippen LogP contribution in [0.2, 0.25) is 0 Å². The Morgan fingerprint density at radius 1 is 0.750 bits per heavy atom. The van der Waals surface area contributed by atoms with Gasteiger partial charge in [0.15, 0.2) is 5.75 Å². The molecular formula is C30H32Cl2N2O6. The van der Waals surface area contributed by atoms with Crippen LogP contribution in [0.3, 0.4) is 0 Å². The molecule has 0 aliphatic carbocycles. The number of aliphatic carboxylic acids is 2. The monoisotopic (exact) mass is 586 g/mol. The van der Waals surface area contributed by atoms with Crippen molar-refractivity contribution in [2.24, 2.45) is 0 Å². The molecule has 3 aromatic rings. The van der Waals surface area contributed by atoms with Crippen LogP contribution in [0, 0.1) is 0 Å². The van der Waals surface area contributed by atoms with E-state index in [0.29, 0.717) is 30.5 Å². The summed E-state index contributed by atoms with van der Waals surface area (Å²) < 4.78 is 5.85. The number of para-hydroxylation sites is 2. The molecule has 3 rings (SSSR count). The average molecular weight is 588 g/mol. The van der Waals surface area contributed by atoms with Gasteiger partial charge in [-0.1, -0.05) is 72.8 Å². The number of anilines is 1. The maximum atomic E-state index is 14.1. The van der Waals surface area contributed by atoms with Crippen molar-refractivity contribution in [3.63, 3.8) is 0 Å². The van der Waals surface area contributed by atoms with Crippen molar-refractivity contribution in [2.45, 2.75) is 31.5 Å². The molecule has 0 saturated carbocycles. The molecule has 0 aliphatic heterocycles. The number of esters is 1. The number of carboxylic acid groups (broad SMARTS) is 2. The lowest BCUT2D eigenvalue weighted by Gasteiger charge is -2.39. The average Bonchev–Trinajstić information content (AvgIpc) is 2.94. The Bertz CT molecular complexity index is 1210. The van der Waals surface area contributed by atoms with Crippen molar-refractivity contribution in [3.8, 4) is 5.75 Å². The van der Waals surface area contributed by atoms with Gasteiger partial charge in [-0.25, -0.2) is 9.59 Å². The first-order chi connectivity index (χ1) is 19.3. The number of carbonyl (C=O) groups is 3. The Hall–Kier alpha value is -3.59. The van der Waals surface area contributed by atoms with Crippen molar-refractivity contribution in [3.05, 3.63) is 96.1 Å². The summed E-state index contributed by atoms with van der Waals surface area (Å²) in [5.74, 6) is -3.10. The third-order valence-corrected chi connectivity index (χ3v) is 6.82. The van der Waals surface area contributed by atoms with Gasteiger partial charge in [0.25, 0.3) is 0 Å². The van der Waals surface area contributed by atoms with Crippen LogP contribution in [-0.2, 0) is 27.5 Å². The van der Waals surface area contributed by atoms with Crippen LogP contribution in [-0.4, -0.2) is 63.4 Å². The quantitative estimate of drug-likeness (QED) is 0.101. The number of nitrogens with zero attached hydrogens (tertiary/aromatic N) is 2. The van der Waals surface area contributed by atoms with E-state index in [1.807, 2.05) is 65.6 Å². The number of hydrogen-bond donors (Lipinski definition) is 2. The number of halogens is 2. The van der Waals surface area contributed by atoms with Crippen LogP contribution in [0.1, 0.15) is 24.0 Å². The summed E-state index contributed by atoms with van der Waals surface area (Å²) in [7, 11) is 0. The Morgan fingerprint density at radius 3 is 1.73 bits per heavy atom. The lowest BCUT2D eigenvalue weighted by atomic mass is 9.89. The van der Waals surface area contributed by atoms with E-state index >= 15 is 0 Å². The molecule has 0 bridgehead atoms. The molecule has 0 saturated heterocycles. The first-order valence-electron chi connectivity index (χ1n) is 12.8. The third kappa shape index (κ3) is 7.97. The van der Waals surface area contributed by atoms with Crippen LogP contribution in [0.5, 0.6) is 5.75 Å². The molecule has 0 spiro atoms. The molecule has 212 valence electrons. The first-order valence-corrected chi connectivity index (χ1v) is 13.8. The molecule has 0 aromatic heterocycles. The maximum Gasteiger partial charge on any atom is 0.343 e. The molecule has 0 aliphatic rings. The Labute approximate surface area is 243 Å². The smallest absolute Gasteiger partial charge is 0.343 e. The summed E-state index contributed by atoms with van der Waals surface area (Å²) in [4.78, 5) is 42.2. The van der Waals surface area contributed by atoms with Crippen molar-refractivity contribution < 1.29 is 29.3 Å². The second-order valence-electron chi connectivity index (χ2n) is 9.11. The van der Waals surface area contributed by atoms with Gasteiger partial charge in [-0.05, 0) is 29.7 Å². The van der Waals surface area contributed by atoms with Crippen LogP contribution in [0.25, 0.3) is 0 Å². The number of alkyl halides is 2.